The number of amides is 1. The van der Waals surface area contributed by atoms with E-state index in [9.17, 15) is 13.6 Å². The summed E-state index contributed by atoms with van der Waals surface area (Å²) in [5, 5.41) is 8.68. The lowest BCUT2D eigenvalue weighted by atomic mass is 10.2. The highest BCUT2D eigenvalue weighted by Crippen LogP contribution is 2.21. The van der Waals surface area contributed by atoms with Crippen LogP contribution in [0.25, 0.3) is 0 Å². The summed E-state index contributed by atoms with van der Waals surface area (Å²) >= 11 is 0. The summed E-state index contributed by atoms with van der Waals surface area (Å²) in [6.45, 7) is 0.0141. The van der Waals surface area contributed by atoms with Gasteiger partial charge in [-0.2, -0.15) is 9.65 Å². The summed E-state index contributed by atoms with van der Waals surface area (Å²) in [5.74, 6) is -1.97. The van der Waals surface area contributed by atoms with Crippen molar-refractivity contribution in [1.29, 1.82) is 5.26 Å². The van der Waals surface area contributed by atoms with Crippen LogP contribution in [0.2, 0.25) is 0 Å². The molecule has 0 aliphatic rings. The molecule has 2 aromatic rings. The first kappa shape index (κ1) is 14.6. The van der Waals surface area contributed by atoms with E-state index < -0.39 is 17.7 Å². The van der Waals surface area contributed by atoms with Crippen molar-refractivity contribution in [2.45, 2.75) is 6.42 Å². The van der Waals surface area contributed by atoms with Crippen molar-refractivity contribution in [1.82, 2.24) is 4.98 Å². The maximum Gasteiger partial charge on any atom is 0.258 e. The molecule has 6 heteroatoms. The van der Waals surface area contributed by atoms with Crippen LogP contribution in [0.15, 0.2) is 42.6 Å². The molecule has 0 aliphatic carbocycles. The van der Waals surface area contributed by atoms with Crippen LogP contribution in [0.3, 0.4) is 0 Å². The normalized spacial score (nSPS) is 9.95. The quantitative estimate of drug-likeness (QED) is 0.812. The number of nitriles is 1. The van der Waals surface area contributed by atoms with Crippen LogP contribution in [0.1, 0.15) is 16.8 Å². The van der Waals surface area contributed by atoms with E-state index in [-0.39, 0.29) is 24.2 Å². The van der Waals surface area contributed by atoms with Crippen LogP contribution in [-0.4, -0.2) is 17.4 Å². The number of aromatic nitrogens is 1. The summed E-state index contributed by atoms with van der Waals surface area (Å²) in [5.41, 5.74) is 0.0960. The predicted octanol–water partition coefficient (Wildman–Crippen LogP) is 2.92. The van der Waals surface area contributed by atoms with Gasteiger partial charge in [-0.3, -0.25) is 4.79 Å². The number of carbonyl (C=O) groups excluding carboxylic acids is 1. The van der Waals surface area contributed by atoms with Gasteiger partial charge in [-0.1, -0.05) is 12.1 Å². The Hall–Kier alpha value is -2.81. The maximum absolute atomic E-state index is 13.9. The van der Waals surface area contributed by atoms with E-state index in [0.717, 1.165) is 17.2 Å². The average molecular weight is 287 g/mol. The molecule has 0 aliphatic heterocycles. The van der Waals surface area contributed by atoms with Gasteiger partial charge in [0.05, 0.1) is 18.2 Å². The Morgan fingerprint density at radius 1 is 1.29 bits per heavy atom. The van der Waals surface area contributed by atoms with E-state index in [1.54, 1.807) is 6.07 Å². The number of nitrogens with zero attached hydrogens (tertiary/aromatic N) is 3. The van der Waals surface area contributed by atoms with Crippen molar-refractivity contribution < 1.29 is 13.6 Å². The average Bonchev–Trinajstić information content (AvgIpc) is 2.49. The largest absolute Gasteiger partial charge is 0.304 e. The lowest BCUT2D eigenvalue weighted by molar-refractivity contribution is 0.0986. The van der Waals surface area contributed by atoms with E-state index in [0.29, 0.717) is 0 Å². The summed E-state index contributed by atoms with van der Waals surface area (Å²) in [6, 6.07) is 9.95. The molecule has 1 aromatic heterocycles. The van der Waals surface area contributed by atoms with Gasteiger partial charge in [0.1, 0.15) is 5.82 Å². The molecule has 1 aromatic carbocycles. The summed E-state index contributed by atoms with van der Waals surface area (Å²) in [4.78, 5) is 16.9. The second-order valence-corrected chi connectivity index (χ2v) is 4.18. The molecule has 0 bridgehead atoms. The molecule has 1 amide bonds. The van der Waals surface area contributed by atoms with E-state index in [1.807, 2.05) is 6.07 Å². The van der Waals surface area contributed by atoms with E-state index in [1.165, 1.54) is 24.3 Å². The predicted molar refractivity (Wildman–Crippen MR) is 72.5 cm³/mol. The molecule has 106 valence electrons. The van der Waals surface area contributed by atoms with Gasteiger partial charge in [0.15, 0.2) is 0 Å². The molecule has 0 saturated carbocycles. The molecular formula is C15H11F2N3O. The highest BCUT2D eigenvalue weighted by atomic mass is 19.1. The number of carbonyl (C=O) groups is 1. The maximum atomic E-state index is 13.9. The van der Waals surface area contributed by atoms with Crippen molar-refractivity contribution in [3.63, 3.8) is 0 Å². The van der Waals surface area contributed by atoms with Gasteiger partial charge in [-0.15, -0.1) is 0 Å². The third-order valence-electron chi connectivity index (χ3n) is 2.81. The molecule has 0 saturated heterocycles. The topological polar surface area (TPSA) is 57.0 Å². The fourth-order valence-corrected chi connectivity index (χ4v) is 1.86. The smallest absolute Gasteiger partial charge is 0.258 e. The van der Waals surface area contributed by atoms with Crippen molar-refractivity contribution in [3.8, 4) is 6.07 Å². The SMILES string of the molecule is N#CCCN(C(=O)c1ccnc(F)c1)c1ccccc1F. The summed E-state index contributed by atoms with van der Waals surface area (Å²) in [7, 11) is 0. The van der Waals surface area contributed by atoms with Crippen molar-refractivity contribution in [2.75, 3.05) is 11.4 Å². The molecule has 0 fully saturated rings. The van der Waals surface area contributed by atoms with Crippen molar-refractivity contribution >= 4 is 11.6 Å². The van der Waals surface area contributed by atoms with Crippen LogP contribution < -0.4 is 4.90 Å². The second-order valence-electron chi connectivity index (χ2n) is 4.18. The fourth-order valence-electron chi connectivity index (χ4n) is 1.86. The minimum absolute atomic E-state index is 0.0141. The highest BCUT2D eigenvalue weighted by molar-refractivity contribution is 6.06. The minimum Gasteiger partial charge on any atom is -0.304 e. The highest BCUT2D eigenvalue weighted by Gasteiger charge is 2.20. The molecule has 0 atom stereocenters. The standard InChI is InChI=1S/C15H11F2N3O/c16-12-4-1-2-5-13(12)20(9-3-7-18)15(21)11-6-8-19-14(17)10-11/h1-2,4-6,8,10H,3,9H2. The Labute approximate surface area is 120 Å². The molecule has 0 spiro atoms. The number of benzene rings is 1. The zero-order valence-corrected chi connectivity index (χ0v) is 11.0. The van der Waals surface area contributed by atoms with Gasteiger partial charge in [0.25, 0.3) is 5.91 Å². The zero-order valence-electron chi connectivity index (χ0n) is 11.0. The second kappa shape index (κ2) is 6.57. The van der Waals surface area contributed by atoms with Crippen LogP contribution in [-0.2, 0) is 0 Å². The Bertz CT molecular complexity index is 697. The van der Waals surface area contributed by atoms with Gasteiger partial charge >= 0.3 is 0 Å². The first-order valence-electron chi connectivity index (χ1n) is 6.18. The third-order valence-corrected chi connectivity index (χ3v) is 2.81. The molecule has 0 unspecified atom stereocenters. The number of para-hydroxylation sites is 1. The molecule has 4 nitrogen and oxygen atoms in total. The van der Waals surface area contributed by atoms with Crippen molar-refractivity contribution in [2.24, 2.45) is 0 Å². The first-order valence-corrected chi connectivity index (χ1v) is 6.18. The van der Waals surface area contributed by atoms with Crippen LogP contribution in [0, 0.1) is 23.1 Å². The Kier molecular flexibility index (Phi) is 4.57. The number of pyridine rings is 1. The van der Waals surface area contributed by atoms with Crippen LogP contribution in [0.4, 0.5) is 14.5 Å². The monoisotopic (exact) mass is 287 g/mol. The summed E-state index contributed by atoms with van der Waals surface area (Å²) < 4.78 is 27.0. The number of rotatable bonds is 4. The lowest BCUT2D eigenvalue weighted by Gasteiger charge is -2.22. The van der Waals surface area contributed by atoms with Gasteiger partial charge in [-0.05, 0) is 18.2 Å². The number of hydrogen-bond donors (Lipinski definition) is 0. The van der Waals surface area contributed by atoms with Gasteiger partial charge < -0.3 is 4.90 Å². The van der Waals surface area contributed by atoms with Crippen LogP contribution in [0.5, 0.6) is 0 Å². The number of hydrogen-bond acceptors (Lipinski definition) is 3. The Morgan fingerprint density at radius 2 is 2.05 bits per heavy atom. The number of anilines is 1. The van der Waals surface area contributed by atoms with Gasteiger partial charge in [0.2, 0.25) is 5.95 Å². The molecule has 1 heterocycles. The molecule has 21 heavy (non-hydrogen) atoms. The van der Waals surface area contributed by atoms with E-state index in [4.69, 9.17) is 5.26 Å². The molecular weight excluding hydrogens is 276 g/mol. The summed E-state index contributed by atoms with van der Waals surface area (Å²) in [6.07, 6.45) is 1.19. The minimum atomic E-state index is -0.797. The molecule has 0 N–H and O–H groups in total. The van der Waals surface area contributed by atoms with E-state index >= 15 is 0 Å². The first-order chi connectivity index (χ1) is 10.1. The van der Waals surface area contributed by atoms with Gasteiger partial charge in [0, 0.05) is 24.4 Å². The fraction of sp³-hybridized carbons (Fsp3) is 0.133. The van der Waals surface area contributed by atoms with Gasteiger partial charge in [-0.25, -0.2) is 9.37 Å². The lowest BCUT2D eigenvalue weighted by Crippen LogP contribution is -2.32. The molecule has 0 radical (unpaired) electrons. The third kappa shape index (κ3) is 3.39. The molecule has 2 rings (SSSR count). The Morgan fingerprint density at radius 3 is 2.71 bits per heavy atom. The van der Waals surface area contributed by atoms with Crippen LogP contribution >= 0.6 is 0 Å². The van der Waals surface area contributed by atoms with E-state index in [2.05, 4.69) is 4.98 Å². The van der Waals surface area contributed by atoms with Crippen molar-refractivity contribution in [3.05, 3.63) is 59.9 Å². The number of halogens is 2. The Balaban J connectivity index is 2.39. The zero-order chi connectivity index (χ0) is 15.2.